The zero-order valence-corrected chi connectivity index (χ0v) is 32.7. The Bertz CT molecular complexity index is 1560. The van der Waals surface area contributed by atoms with Crippen molar-refractivity contribution < 1.29 is 33.4 Å². The number of hydrogen-bond acceptors (Lipinski definition) is 8. The Kier molecular flexibility index (Phi) is 16.1. The topological polar surface area (TPSA) is 155 Å². The van der Waals surface area contributed by atoms with Crippen LogP contribution in [0.3, 0.4) is 0 Å². The highest BCUT2D eigenvalue weighted by Crippen LogP contribution is 2.24. The van der Waals surface area contributed by atoms with E-state index in [1.54, 1.807) is 41.5 Å². The van der Waals surface area contributed by atoms with Gasteiger partial charge in [0.05, 0.1) is 13.2 Å². The summed E-state index contributed by atoms with van der Waals surface area (Å²) in [4.78, 5) is 67.4. The van der Waals surface area contributed by atoms with Crippen molar-refractivity contribution in [3.8, 4) is 0 Å². The van der Waals surface area contributed by atoms with Gasteiger partial charge in [-0.3, -0.25) is 19.3 Å². The van der Waals surface area contributed by atoms with Crippen molar-refractivity contribution in [2.24, 2.45) is 11.8 Å². The van der Waals surface area contributed by atoms with Gasteiger partial charge in [0, 0.05) is 25.6 Å². The number of rotatable bonds is 15. The largest absolute Gasteiger partial charge is 0.467 e. The molecule has 3 unspecified atom stereocenters. The van der Waals surface area contributed by atoms with E-state index in [9.17, 15) is 24.0 Å². The number of benzene rings is 2. The summed E-state index contributed by atoms with van der Waals surface area (Å²) in [6.45, 7) is 15.4. The lowest BCUT2D eigenvalue weighted by Crippen LogP contribution is -2.55. The quantitative estimate of drug-likeness (QED) is 0.156. The standard InChI is InChI=1S/C41H59N5O7/c1-26(2)35(39(50)52-9)45-36(47)28(4)43-37(48)29(5)46-21-20-33(23-32(25-46)22-30-16-12-10-13-17-30)27(3)42-38(49)34(24-31-18-14-11-15-19-31)44-40(51)53-41(6,7)8/h10-19,23,26-29,32,34-35H,20-22,24-25H2,1-9H3,(H,42,49)(H,43,48)(H,44,51)(H,45,47)/t27?,28-,29?,32?,34-,35-/m0/s1. The van der Waals surface area contributed by atoms with Crippen molar-refractivity contribution in [3.05, 3.63) is 83.4 Å². The Balaban J connectivity index is 1.76. The van der Waals surface area contributed by atoms with Crippen molar-refractivity contribution in [2.45, 2.75) is 110 Å². The van der Waals surface area contributed by atoms with Crippen LogP contribution in [0.15, 0.2) is 72.3 Å². The Morgan fingerprint density at radius 1 is 0.792 bits per heavy atom. The minimum Gasteiger partial charge on any atom is -0.467 e. The Labute approximate surface area is 314 Å². The van der Waals surface area contributed by atoms with Crippen LogP contribution in [0.4, 0.5) is 4.79 Å². The van der Waals surface area contributed by atoms with Crippen molar-refractivity contribution in [1.29, 1.82) is 0 Å². The summed E-state index contributed by atoms with van der Waals surface area (Å²) in [5, 5.41) is 11.4. The first-order valence-electron chi connectivity index (χ1n) is 18.5. The molecule has 0 saturated heterocycles. The van der Waals surface area contributed by atoms with Gasteiger partial charge in [0.1, 0.15) is 23.7 Å². The van der Waals surface area contributed by atoms with Gasteiger partial charge in [-0.25, -0.2) is 9.59 Å². The number of esters is 1. The molecule has 1 heterocycles. The first-order valence-corrected chi connectivity index (χ1v) is 18.5. The van der Waals surface area contributed by atoms with Gasteiger partial charge in [0.2, 0.25) is 17.7 Å². The average Bonchev–Trinajstić information content (AvgIpc) is 3.32. The molecular weight excluding hydrogens is 674 g/mol. The van der Waals surface area contributed by atoms with Crippen LogP contribution in [0.1, 0.15) is 72.9 Å². The number of methoxy groups -OCH3 is 1. The lowest BCUT2D eigenvalue weighted by molar-refractivity contribution is -0.146. The predicted octanol–water partition coefficient (Wildman–Crippen LogP) is 4.33. The van der Waals surface area contributed by atoms with Crippen molar-refractivity contribution in [3.63, 3.8) is 0 Å². The van der Waals surface area contributed by atoms with Crippen LogP contribution in [-0.2, 0) is 41.5 Å². The highest BCUT2D eigenvalue weighted by atomic mass is 16.6. The third kappa shape index (κ3) is 14.0. The number of nitrogens with one attached hydrogen (secondary N) is 4. The summed E-state index contributed by atoms with van der Waals surface area (Å²) >= 11 is 0. The third-order valence-corrected chi connectivity index (χ3v) is 9.25. The fourth-order valence-electron chi connectivity index (χ4n) is 6.24. The molecule has 0 saturated carbocycles. The molecular formula is C41H59N5O7. The molecule has 12 nitrogen and oxygen atoms in total. The molecule has 0 aliphatic carbocycles. The van der Waals surface area contributed by atoms with E-state index < -0.39 is 47.7 Å². The van der Waals surface area contributed by atoms with Crippen LogP contribution in [0, 0.1) is 11.8 Å². The van der Waals surface area contributed by atoms with E-state index in [2.05, 4.69) is 44.4 Å². The summed E-state index contributed by atoms with van der Waals surface area (Å²) in [6.07, 6.45) is 3.11. The molecule has 0 spiro atoms. The van der Waals surface area contributed by atoms with Gasteiger partial charge >= 0.3 is 12.1 Å². The minimum atomic E-state index is -0.884. The van der Waals surface area contributed by atoms with Crippen LogP contribution in [0.5, 0.6) is 0 Å². The van der Waals surface area contributed by atoms with Crippen LogP contribution in [0.25, 0.3) is 0 Å². The van der Waals surface area contributed by atoms with Crippen LogP contribution < -0.4 is 21.3 Å². The fourth-order valence-corrected chi connectivity index (χ4v) is 6.24. The molecule has 0 bridgehead atoms. The second-order valence-electron chi connectivity index (χ2n) is 15.2. The molecule has 6 atom stereocenters. The smallest absolute Gasteiger partial charge is 0.408 e. The van der Waals surface area contributed by atoms with Crippen LogP contribution in [0.2, 0.25) is 0 Å². The number of alkyl carbamates (subject to hydrolysis) is 1. The van der Waals surface area contributed by atoms with E-state index in [1.165, 1.54) is 7.11 Å². The molecule has 4 amide bonds. The van der Waals surface area contributed by atoms with Crippen molar-refractivity contribution in [1.82, 2.24) is 26.2 Å². The third-order valence-electron chi connectivity index (χ3n) is 9.25. The first kappa shape index (κ1) is 42.7. The maximum Gasteiger partial charge on any atom is 0.408 e. The van der Waals surface area contributed by atoms with Crippen LogP contribution >= 0.6 is 0 Å². The summed E-state index contributed by atoms with van der Waals surface area (Å²) in [5.74, 6) is -1.86. The lowest BCUT2D eigenvalue weighted by Gasteiger charge is -2.30. The molecule has 2 aromatic carbocycles. The molecule has 12 heteroatoms. The summed E-state index contributed by atoms with van der Waals surface area (Å²) in [7, 11) is 1.27. The van der Waals surface area contributed by atoms with Crippen molar-refractivity contribution >= 4 is 29.8 Å². The maximum atomic E-state index is 13.8. The maximum absolute atomic E-state index is 13.8. The zero-order chi connectivity index (χ0) is 39.3. The van der Waals surface area contributed by atoms with Gasteiger partial charge in [-0.2, -0.15) is 0 Å². The molecule has 1 aliphatic rings. The SMILES string of the molecule is COC(=O)[C@@H](NC(=O)[C@H](C)NC(=O)C(C)N1CCC(C(C)NC(=O)[C@H](Cc2ccccc2)NC(=O)OC(C)(C)C)=CC(Cc2ccccc2)C1)C(C)C. The minimum absolute atomic E-state index is 0.0112. The van der Waals surface area contributed by atoms with Gasteiger partial charge < -0.3 is 30.7 Å². The molecule has 3 rings (SSSR count). The molecule has 290 valence electrons. The first-order chi connectivity index (χ1) is 25.0. The lowest BCUT2D eigenvalue weighted by atomic mass is 9.94. The van der Waals surface area contributed by atoms with E-state index in [1.807, 2.05) is 62.4 Å². The van der Waals surface area contributed by atoms with E-state index >= 15 is 0 Å². The second-order valence-corrected chi connectivity index (χ2v) is 15.2. The monoisotopic (exact) mass is 733 g/mol. The van der Waals surface area contributed by atoms with Crippen LogP contribution in [-0.4, -0.2) is 90.7 Å². The molecule has 1 aliphatic heterocycles. The molecule has 0 aromatic heterocycles. The summed E-state index contributed by atoms with van der Waals surface area (Å²) < 4.78 is 10.3. The Hall–Kier alpha value is -4.71. The van der Waals surface area contributed by atoms with Crippen molar-refractivity contribution in [2.75, 3.05) is 20.2 Å². The fraction of sp³-hybridized carbons (Fsp3) is 0.537. The predicted molar refractivity (Wildman–Crippen MR) is 205 cm³/mol. The highest BCUT2D eigenvalue weighted by Gasteiger charge is 2.32. The number of nitrogens with zero attached hydrogens (tertiary/aromatic N) is 1. The molecule has 0 radical (unpaired) electrons. The second kappa shape index (κ2) is 19.9. The van der Waals surface area contributed by atoms with Gasteiger partial charge in [-0.1, -0.05) is 86.2 Å². The highest BCUT2D eigenvalue weighted by molar-refractivity contribution is 5.91. The number of carbonyl (C=O) groups excluding carboxylic acids is 5. The number of ether oxygens (including phenoxy) is 2. The van der Waals surface area contributed by atoms with E-state index in [0.29, 0.717) is 19.5 Å². The molecule has 2 aromatic rings. The number of hydrogen-bond donors (Lipinski definition) is 4. The van der Waals surface area contributed by atoms with Gasteiger partial charge in [0.15, 0.2) is 0 Å². The van der Waals surface area contributed by atoms with E-state index in [0.717, 1.165) is 23.1 Å². The number of carbonyl (C=O) groups is 5. The molecule has 0 fully saturated rings. The normalized spacial score (nSPS) is 17.8. The summed E-state index contributed by atoms with van der Waals surface area (Å²) in [6, 6.07) is 16.1. The Morgan fingerprint density at radius 3 is 1.96 bits per heavy atom. The Morgan fingerprint density at radius 2 is 1.40 bits per heavy atom. The zero-order valence-electron chi connectivity index (χ0n) is 32.7. The van der Waals surface area contributed by atoms with E-state index in [-0.39, 0.29) is 36.1 Å². The van der Waals surface area contributed by atoms with Gasteiger partial charge in [-0.05, 0) is 77.3 Å². The number of amides is 4. The average molecular weight is 734 g/mol. The molecule has 53 heavy (non-hydrogen) atoms. The van der Waals surface area contributed by atoms with E-state index in [4.69, 9.17) is 9.47 Å². The van der Waals surface area contributed by atoms with Gasteiger partial charge in [-0.15, -0.1) is 0 Å². The summed E-state index contributed by atoms with van der Waals surface area (Å²) in [5.41, 5.74) is 2.32. The van der Waals surface area contributed by atoms with Gasteiger partial charge in [0.25, 0.3) is 0 Å². The molecule has 4 N–H and O–H groups in total.